The van der Waals surface area contributed by atoms with Crippen LogP contribution in [0.2, 0.25) is 5.02 Å². The second kappa shape index (κ2) is 7.31. The van der Waals surface area contributed by atoms with Crippen molar-refractivity contribution in [3.63, 3.8) is 0 Å². The Bertz CT molecular complexity index is 1290. The van der Waals surface area contributed by atoms with E-state index in [9.17, 15) is 4.79 Å². The van der Waals surface area contributed by atoms with Crippen molar-refractivity contribution in [3.05, 3.63) is 58.6 Å². The number of nitrogens with two attached hydrogens (primary N) is 1. The minimum Gasteiger partial charge on any atom is -0.378 e. The molecule has 3 heterocycles. The zero-order valence-electron chi connectivity index (χ0n) is 16.5. The Labute approximate surface area is 178 Å². The third kappa shape index (κ3) is 3.18. The molecule has 0 bridgehead atoms. The molecule has 4 aromatic rings. The SMILES string of the molecule is Cc1cc(-c2cc(C(N)=O)c3[nH]c4cc(N5CCOCC5)ccc4c3n2)ccc1Cl. The number of benzene rings is 2. The molecule has 30 heavy (non-hydrogen) atoms. The molecule has 7 heteroatoms. The Hall–Kier alpha value is -3.09. The zero-order chi connectivity index (χ0) is 20.8. The molecule has 6 nitrogen and oxygen atoms in total. The van der Waals surface area contributed by atoms with Crippen LogP contribution >= 0.6 is 11.6 Å². The van der Waals surface area contributed by atoms with E-state index in [0.717, 1.165) is 59.5 Å². The van der Waals surface area contributed by atoms with Crippen LogP contribution in [0.3, 0.4) is 0 Å². The van der Waals surface area contributed by atoms with E-state index in [2.05, 4.69) is 22.0 Å². The number of pyridine rings is 1. The van der Waals surface area contributed by atoms with Crippen LogP contribution in [-0.2, 0) is 4.74 Å². The molecule has 5 rings (SSSR count). The topological polar surface area (TPSA) is 84.2 Å². The van der Waals surface area contributed by atoms with E-state index in [1.54, 1.807) is 6.07 Å². The molecule has 0 radical (unpaired) electrons. The highest BCUT2D eigenvalue weighted by Gasteiger charge is 2.18. The predicted octanol–water partition coefficient (Wildman–Crippen LogP) is 4.28. The molecule has 0 saturated carbocycles. The van der Waals surface area contributed by atoms with Crippen molar-refractivity contribution in [2.45, 2.75) is 6.92 Å². The van der Waals surface area contributed by atoms with Gasteiger partial charge in [0.15, 0.2) is 0 Å². The lowest BCUT2D eigenvalue weighted by Gasteiger charge is -2.28. The van der Waals surface area contributed by atoms with E-state index in [4.69, 9.17) is 27.1 Å². The Morgan fingerprint density at radius 3 is 2.70 bits per heavy atom. The van der Waals surface area contributed by atoms with Gasteiger partial charge in [-0.15, -0.1) is 0 Å². The summed E-state index contributed by atoms with van der Waals surface area (Å²) < 4.78 is 5.45. The van der Waals surface area contributed by atoms with Crippen LogP contribution in [0, 0.1) is 6.92 Å². The van der Waals surface area contributed by atoms with E-state index >= 15 is 0 Å². The van der Waals surface area contributed by atoms with Crippen molar-refractivity contribution >= 4 is 45.1 Å². The zero-order valence-corrected chi connectivity index (χ0v) is 17.3. The number of halogens is 1. The number of nitrogens with zero attached hydrogens (tertiary/aromatic N) is 2. The van der Waals surface area contributed by atoms with Crippen molar-refractivity contribution in [2.75, 3.05) is 31.2 Å². The van der Waals surface area contributed by atoms with Crippen molar-refractivity contribution in [1.82, 2.24) is 9.97 Å². The summed E-state index contributed by atoms with van der Waals surface area (Å²) in [4.78, 5) is 22.8. The monoisotopic (exact) mass is 420 g/mol. The molecule has 1 saturated heterocycles. The summed E-state index contributed by atoms with van der Waals surface area (Å²) in [6.07, 6.45) is 0. The smallest absolute Gasteiger partial charge is 0.250 e. The van der Waals surface area contributed by atoms with Gasteiger partial charge in [0.2, 0.25) is 0 Å². The number of morpholine rings is 1. The number of hydrogen-bond donors (Lipinski definition) is 2. The number of aromatic amines is 1. The van der Waals surface area contributed by atoms with Crippen molar-refractivity contribution in [2.24, 2.45) is 5.73 Å². The van der Waals surface area contributed by atoms with E-state index in [1.165, 1.54) is 0 Å². The number of ether oxygens (including phenoxy) is 1. The van der Waals surface area contributed by atoms with Gasteiger partial charge in [-0.2, -0.15) is 0 Å². The number of amides is 1. The van der Waals surface area contributed by atoms with Gasteiger partial charge in [0.05, 0.1) is 41.0 Å². The summed E-state index contributed by atoms with van der Waals surface area (Å²) in [5.41, 5.74) is 12.1. The normalized spacial score (nSPS) is 14.5. The molecule has 1 amide bonds. The standard InChI is InChI=1S/C23H21ClN4O2/c1-13-10-14(2-5-18(13)24)19-12-17(23(25)29)22-21(26-19)16-4-3-15(11-20(16)27-22)28-6-8-30-9-7-28/h2-5,10-12,27H,6-9H2,1H3,(H2,25,29). The molecule has 1 fully saturated rings. The first-order valence-electron chi connectivity index (χ1n) is 9.87. The Balaban J connectivity index is 1.70. The molecule has 1 aliphatic heterocycles. The molecule has 1 aliphatic rings. The van der Waals surface area contributed by atoms with Crippen LogP contribution in [0.15, 0.2) is 42.5 Å². The molecule has 0 spiro atoms. The quantitative estimate of drug-likeness (QED) is 0.518. The number of H-pyrrole nitrogens is 1. The highest BCUT2D eigenvalue weighted by Crippen LogP contribution is 2.33. The number of carbonyl (C=O) groups excluding carboxylic acids is 1. The van der Waals surface area contributed by atoms with Crippen LogP contribution in [0.5, 0.6) is 0 Å². The predicted molar refractivity (Wildman–Crippen MR) is 120 cm³/mol. The molecule has 0 unspecified atom stereocenters. The highest BCUT2D eigenvalue weighted by molar-refractivity contribution is 6.31. The van der Waals surface area contributed by atoms with Gasteiger partial charge in [0.25, 0.3) is 5.91 Å². The minimum atomic E-state index is -0.491. The number of rotatable bonds is 3. The Morgan fingerprint density at radius 2 is 1.97 bits per heavy atom. The lowest BCUT2D eigenvalue weighted by Crippen LogP contribution is -2.36. The van der Waals surface area contributed by atoms with E-state index in [1.807, 2.05) is 31.2 Å². The third-order valence-electron chi connectivity index (χ3n) is 5.63. The summed E-state index contributed by atoms with van der Waals surface area (Å²) in [5, 5.41) is 1.65. The van der Waals surface area contributed by atoms with Crippen LogP contribution in [0.25, 0.3) is 33.2 Å². The first-order valence-corrected chi connectivity index (χ1v) is 10.2. The molecule has 152 valence electrons. The Morgan fingerprint density at radius 1 is 1.17 bits per heavy atom. The summed E-state index contributed by atoms with van der Waals surface area (Å²) in [6.45, 7) is 5.11. The Kier molecular flexibility index (Phi) is 4.60. The fourth-order valence-corrected chi connectivity index (χ4v) is 4.13. The van der Waals surface area contributed by atoms with E-state index < -0.39 is 5.91 Å². The lowest BCUT2D eigenvalue weighted by atomic mass is 10.0. The number of primary amides is 1. The summed E-state index contributed by atoms with van der Waals surface area (Å²) in [7, 11) is 0. The first-order chi connectivity index (χ1) is 14.5. The molecule has 0 atom stereocenters. The van der Waals surface area contributed by atoms with Crippen molar-refractivity contribution in [3.8, 4) is 11.3 Å². The number of carbonyl (C=O) groups is 1. The fraction of sp³-hybridized carbons (Fsp3) is 0.217. The lowest BCUT2D eigenvalue weighted by molar-refractivity contribution is 0.100. The van der Waals surface area contributed by atoms with Gasteiger partial charge in [-0.05, 0) is 48.9 Å². The summed E-state index contributed by atoms with van der Waals surface area (Å²) in [5.74, 6) is -0.491. The number of aromatic nitrogens is 2. The maximum atomic E-state index is 12.2. The maximum absolute atomic E-state index is 12.2. The number of anilines is 1. The average molecular weight is 421 g/mol. The maximum Gasteiger partial charge on any atom is 0.250 e. The van der Waals surface area contributed by atoms with Gasteiger partial charge in [-0.1, -0.05) is 17.7 Å². The molecular formula is C23H21ClN4O2. The minimum absolute atomic E-state index is 0.423. The van der Waals surface area contributed by atoms with Gasteiger partial charge < -0.3 is 20.4 Å². The third-order valence-corrected chi connectivity index (χ3v) is 6.06. The highest BCUT2D eigenvalue weighted by atomic mass is 35.5. The molecule has 2 aromatic heterocycles. The van der Waals surface area contributed by atoms with Gasteiger partial charge in [0.1, 0.15) is 0 Å². The van der Waals surface area contributed by atoms with Gasteiger partial charge in [-0.3, -0.25) is 4.79 Å². The summed E-state index contributed by atoms with van der Waals surface area (Å²) in [6, 6.07) is 13.7. The van der Waals surface area contributed by atoms with Crippen LogP contribution in [-0.4, -0.2) is 42.2 Å². The largest absolute Gasteiger partial charge is 0.378 e. The van der Waals surface area contributed by atoms with Crippen LogP contribution in [0.1, 0.15) is 15.9 Å². The molecule has 3 N–H and O–H groups in total. The van der Waals surface area contributed by atoms with Crippen molar-refractivity contribution in [1.29, 1.82) is 0 Å². The number of aryl methyl sites for hydroxylation is 1. The number of fused-ring (bicyclic) bond motifs is 3. The van der Waals surface area contributed by atoms with E-state index in [0.29, 0.717) is 21.8 Å². The summed E-state index contributed by atoms with van der Waals surface area (Å²) >= 11 is 6.17. The average Bonchev–Trinajstić information content (AvgIpc) is 3.13. The van der Waals surface area contributed by atoms with Gasteiger partial charge in [0, 0.05) is 34.7 Å². The number of hydrogen-bond acceptors (Lipinski definition) is 4. The molecule has 0 aliphatic carbocycles. The second-order valence-corrected chi connectivity index (χ2v) is 7.97. The number of nitrogens with one attached hydrogen (secondary N) is 1. The van der Waals surface area contributed by atoms with Crippen LogP contribution in [0.4, 0.5) is 5.69 Å². The second-order valence-electron chi connectivity index (χ2n) is 7.56. The molecule has 2 aromatic carbocycles. The first kappa shape index (κ1) is 18.9. The van der Waals surface area contributed by atoms with Gasteiger partial charge >= 0.3 is 0 Å². The van der Waals surface area contributed by atoms with E-state index in [-0.39, 0.29) is 0 Å². The fourth-order valence-electron chi connectivity index (χ4n) is 4.01. The van der Waals surface area contributed by atoms with Gasteiger partial charge in [-0.25, -0.2) is 4.98 Å². The molecular weight excluding hydrogens is 400 g/mol. The van der Waals surface area contributed by atoms with Crippen molar-refractivity contribution < 1.29 is 9.53 Å². The van der Waals surface area contributed by atoms with Crippen LogP contribution < -0.4 is 10.6 Å².